The number of fused-ring (bicyclic) bond motifs is 3. The van der Waals surface area contributed by atoms with Crippen LogP contribution in [0.3, 0.4) is 0 Å². The molecule has 0 N–H and O–H groups in total. The third-order valence-corrected chi connectivity index (χ3v) is 5.22. The predicted octanol–water partition coefficient (Wildman–Crippen LogP) is 2.23. The maximum absolute atomic E-state index is 11.8. The summed E-state index contributed by atoms with van der Waals surface area (Å²) in [5, 5.41) is 0. The molecule has 0 aromatic carbocycles. The van der Waals surface area contributed by atoms with E-state index in [2.05, 4.69) is 13.5 Å². The number of carbonyl (C=O) groups is 2. The zero-order valence-corrected chi connectivity index (χ0v) is 11.5. The van der Waals surface area contributed by atoms with Crippen LogP contribution in [-0.4, -0.2) is 23.6 Å². The molecule has 4 heteroatoms. The summed E-state index contributed by atoms with van der Waals surface area (Å²) in [4.78, 5) is 23.5. The van der Waals surface area contributed by atoms with Gasteiger partial charge in [-0.05, 0) is 32.1 Å². The van der Waals surface area contributed by atoms with E-state index in [1.165, 1.54) is 0 Å². The molecule has 5 atom stereocenters. The van der Waals surface area contributed by atoms with E-state index in [0.29, 0.717) is 17.9 Å². The summed E-state index contributed by atoms with van der Waals surface area (Å²) >= 11 is 0. The Hall–Kier alpha value is -1.32. The van der Waals surface area contributed by atoms with Gasteiger partial charge in [0.2, 0.25) is 0 Å². The molecule has 0 aromatic heterocycles. The summed E-state index contributed by atoms with van der Waals surface area (Å²) in [7, 11) is 0. The molecule has 0 spiro atoms. The van der Waals surface area contributed by atoms with Gasteiger partial charge in [0.25, 0.3) is 0 Å². The SMILES string of the molecule is C=C1C(=O)OC2C1CCC(C)C1CCC(=O)OC12C. The number of hydrogen-bond donors (Lipinski definition) is 0. The van der Waals surface area contributed by atoms with Gasteiger partial charge in [0.15, 0.2) is 0 Å². The maximum Gasteiger partial charge on any atom is 0.334 e. The summed E-state index contributed by atoms with van der Waals surface area (Å²) in [5.41, 5.74) is -0.147. The lowest BCUT2D eigenvalue weighted by Gasteiger charge is -2.45. The fourth-order valence-corrected chi connectivity index (χ4v) is 4.14. The van der Waals surface area contributed by atoms with Crippen LogP contribution >= 0.6 is 0 Å². The smallest absolute Gasteiger partial charge is 0.334 e. The molecule has 3 fully saturated rings. The molecular weight excluding hydrogens is 244 g/mol. The first-order valence-corrected chi connectivity index (χ1v) is 7.05. The average Bonchev–Trinajstić information content (AvgIpc) is 2.58. The third-order valence-electron chi connectivity index (χ3n) is 5.22. The second kappa shape index (κ2) is 4.09. The molecule has 2 saturated heterocycles. The van der Waals surface area contributed by atoms with E-state index in [4.69, 9.17) is 9.47 Å². The number of hydrogen-bond acceptors (Lipinski definition) is 4. The Morgan fingerprint density at radius 1 is 1.26 bits per heavy atom. The Morgan fingerprint density at radius 2 is 2.00 bits per heavy atom. The van der Waals surface area contributed by atoms with Crippen molar-refractivity contribution in [1.82, 2.24) is 0 Å². The predicted molar refractivity (Wildman–Crippen MR) is 68.1 cm³/mol. The van der Waals surface area contributed by atoms with Gasteiger partial charge in [0.1, 0.15) is 11.7 Å². The number of esters is 2. The molecule has 2 aliphatic heterocycles. The van der Waals surface area contributed by atoms with E-state index >= 15 is 0 Å². The minimum Gasteiger partial charge on any atom is -0.455 e. The molecule has 1 aliphatic carbocycles. The van der Waals surface area contributed by atoms with Crippen molar-refractivity contribution in [2.24, 2.45) is 17.8 Å². The van der Waals surface area contributed by atoms with E-state index in [1.807, 2.05) is 6.92 Å². The van der Waals surface area contributed by atoms with Crippen LogP contribution in [0.1, 0.15) is 39.5 Å². The Balaban J connectivity index is 2.02. The van der Waals surface area contributed by atoms with Crippen LogP contribution in [0.15, 0.2) is 12.2 Å². The molecule has 19 heavy (non-hydrogen) atoms. The van der Waals surface area contributed by atoms with Crippen LogP contribution in [0.25, 0.3) is 0 Å². The van der Waals surface area contributed by atoms with Crippen LogP contribution in [0, 0.1) is 17.8 Å². The van der Waals surface area contributed by atoms with E-state index in [1.54, 1.807) is 0 Å². The lowest BCUT2D eigenvalue weighted by molar-refractivity contribution is -0.202. The first-order valence-electron chi connectivity index (χ1n) is 7.05. The van der Waals surface area contributed by atoms with Crippen LogP contribution in [0.4, 0.5) is 0 Å². The summed E-state index contributed by atoms with van der Waals surface area (Å²) in [6.07, 6.45) is 2.85. The molecule has 5 unspecified atom stereocenters. The van der Waals surface area contributed by atoms with Crippen molar-refractivity contribution in [1.29, 1.82) is 0 Å². The molecule has 2 heterocycles. The van der Waals surface area contributed by atoms with E-state index in [-0.39, 0.29) is 29.9 Å². The van der Waals surface area contributed by atoms with Crippen LogP contribution in [-0.2, 0) is 19.1 Å². The van der Waals surface area contributed by atoms with Crippen molar-refractivity contribution in [3.8, 4) is 0 Å². The highest BCUT2D eigenvalue weighted by Gasteiger charge is 2.59. The molecule has 0 aromatic rings. The Bertz CT molecular complexity index is 455. The molecule has 0 amide bonds. The van der Waals surface area contributed by atoms with Gasteiger partial charge in [0.05, 0.1) is 0 Å². The normalized spacial score (nSPS) is 45.9. The lowest BCUT2D eigenvalue weighted by Crippen LogP contribution is -2.55. The monoisotopic (exact) mass is 264 g/mol. The van der Waals surface area contributed by atoms with E-state index in [9.17, 15) is 9.59 Å². The van der Waals surface area contributed by atoms with Gasteiger partial charge in [0, 0.05) is 23.8 Å². The van der Waals surface area contributed by atoms with Crippen molar-refractivity contribution < 1.29 is 19.1 Å². The molecule has 4 nitrogen and oxygen atoms in total. The summed E-state index contributed by atoms with van der Waals surface area (Å²) in [6.45, 7) is 7.99. The van der Waals surface area contributed by atoms with Crippen molar-refractivity contribution in [2.75, 3.05) is 0 Å². The van der Waals surface area contributed by atoms with E-state index < -0.39 is 5.60 Å². The molecule has 3 rings (SSSR count). The van der Waals surface area contributed by atoms with Crippen molar-refractivity contribution in [3.05, 3.63) is 12.2 Å². The first kappa shape index (κ1) is 12.7. The molecular formula is C15H20O4. The molecule has 104 valence electrons. The van der Waals surface area contributed by atoms with Gasteiger partial charge in [-0.3, -0.25) is 4.79 Å². The number of ether oxygens (including phenoxy) is 2. The minimum absolute atomic E-state index is 0.00384. The number of carbonyl (C=O) groups excluding carboxylic acids is 2. The lowest BCUT2D eigenvalue weighted by atomic mass is 9.72. The van der Waals surface area contributed by atoms with Gasteiger partial charge in [-0.1, -0.05) is 13.5 Å². The molecule has 0 bridgehead atoms. The van der Waals surface area contributed by atoms with Crippen molar-refractivity contribution >= 4 is 11.9 Å². The minimum atomic E-state index is -0.689. The average molecular weight is 264 g/mol. The van der Waals surface area contributed by atoms with Crippen LogP contribution in [0.2, 0.25) is 0 Å². The van der Waals surface area contributed by atoms with Gasteiger partial charge in [-0.25, -0.2) is 4.79 Å². The second-order valence-electron chi connectivity index (χ2n) is 6.32. The highest BCUT2D eigenvalue weighted by molar-refractivity contribution is 5.91. The van der Waals surface area contributed by atoms with Crippen molar-refractivity contribution in [2.45, 2.75) is 51.2 Å². The van der Waals surface area contributed by atoms with Gasteiger partial charge >= 0.3 is 11.9 Å². The topological polar surface area (TPSA) is 52.6 Å². The standard InChI is InChI=1S/C15H20O4/c1-8-4-5-10-9(2)14(17)18-13(10)15(3)11(8)6-7-12(16)19-15/h8,10-11,13H,2,4-7H2,1,3H3. The quantitative estimate of drug-likeness (QED) is 0.497. The van der Waals surface area contributed by atoms with Gasteiger partial charge < -0.3 is 9.47 Å². The summed E-state index contributed by atoms with van der Waals surface area (Å²) in [6, 6.07) is 0. The molecule has 3 aliphatic rings. The molecule has 1 saturated carbocycles. The Kier molecular flexibility index (Phi) is 2.73. The second-order valence-corrected chi connectivity index (χ2v) is 6.32. The highest BCUT2D eigenvalue weighted by Crippen LogP contribution is 2.50. The Morgan fingerprint density at radius 3 is 2.74 bits per heavy atom. The fourth-order valence-electron chi connectivity index (χ4n) is 4.14. The van der Waals surface area contributed by atoms with Crippen molar-refractivity contribution in [3.63, 3.8) is 0 Å². The molecule has 0 radical (unpaired) electrons. The summed E-state index contributed by atoms with van der Waals surface area (Å²) in [5.74, 6) is 0.219. The van der Waals surface area contributed by atoms with Gasteiger partial charge in [-0.2, -0.15) is 0 Å². The fraction of sp³-hybridized carbons (Fsp3) is 0.733. The largest absolute Gasteiger partial charge is 0.455 e. The Labute approximate surface area is 113 Å². The number of rotatable bonds is 0. The summed E-state index contributed by atoms with van der Waals surface area (Å²) < 4.78 is 11.2. The van der Waals surface area contributed by atoms with Crippen LogP contribution < -0.4 is 0 Å². The maximum atomic E-state index is 11.8. The highest BCUT2D eigenvalue weighted by atomic mass is 16.6. The van der Waals surface area contributed by atoms with Gasteiger partial charge in [-0.15, -0.1) is 0 Å². The zero-order chi connectivity index (χ0) is 13.8. The van der Waals surface area contributed by atoms with E-state index in [0.717, 1.165) is 19.3 Å². The first-order chi connectivity index (χ1) is 8.93. The zero-order valence-electron chi connectivity index (χ0n) is 11.5. The third kappa shape index (κ3) is 1.72. The van der Waals surface area contributed by atoms with Crippen LogP contribution in [0.5, 0.6) is 0 Å².